The van der Waals surface area contributed by atoms with Gasteiger partial charge in [-0.1, -0.05) is 0 Å². The molecule has 2 aromatic carbocycles. The van der Waals surface area contributed by atoms with Gasteiger partial charge in [-0.25, -0.2) is 0 Å². The van der Waals surface area contributed by atoms with Crippen molar-refractivity contribution in [3.63, 3.8) is 0 Å². The van der Waals surface area contributed by atoms with Crippen LogP contribution in [0.3, 0.4) is 0 Å². The molecule has 0 spiro atoms. The summed E-state index contributed by atoms with van der Waals surface area (Å²) < 4.78 is 23.2. The Bertz CT molecular complexity index is 1160. The Morgan fingerprint density at radius 2 is 1.93 bits per heavy atom. The molecule has 0 amide bonds. The molecule has 4 N–H and O–H groups in total. The molecule has 3 aromatic rings. The lowest BCUT2D eigenvalue weighted by molar-refractivity contribution is 0.349. The third-order valence-electron chi connectivity index (χ3n) is 4.84. The lowest BCUT2D eigenvalue weighted by Crippen LogP contribution is -2.05. The van der Waals surface area contributed by atoms with Gasteiger partial charge in [-0.2, -0.15) is 0 Å². The molecule has 0 saturated heterocycles. The molecule has 7 nitrogen and oxygen atoms in total. The highest BCUT2D eigenvalue weighted by Crippen LogP contribution is 2.57. The average molecular weight is 401 g/mol. The number of rotatable bonds is 5. The van der Waals surface area contributed by atoms with Crippen LogP contribution in [-0.2, 0) is 4.57 Å². The van der Waals surface area contributed by atoms with Crippen molar-refractivity contribution < 1.29 is 23.7 Å². The minimum atomic E-state index is -3.27. The smallest absolute Gasteiger partial charge is 0.239 e. The second-order valence-electron chi connectivity index (χ2n) is 7.10. The first-order chi connectivity index (χ1) is 13.3. The molecular formula is C20H20NO6P. The number of nitrogen functional groups attached to an aromatic ring is 1. The maximum absolute atomic E-state index is 12.6. The van der Waals surface area contributed by atoms with E-state index in [1.54, 1.807) is 43.3 Å². The number of hydrogen-bond donors (Lipinski definition) is 3. The second kappa shape index (κ2) is 6.69. The molecular weight excluding hydrogens is 381 g/mol. The summed E-state index contributed by atoms with van der Waals surface area (Å²) in [7, 11) is -3.27. The van der Waals surface area contributed by atoms with Gasteiger partial charge in [0.05, 0.1) is 5.39 Å². The number of fused-ring (bicyclic) bond motifs is 1. The normalized spacial score (nSPS) is 16.1. The Kier molecular flexibility index (Phi) is 4.44. The van der Waals surface area contributed by atoms with Gasteiger partial charge in [0.1, 0.15) is 11.3 Å². The van der Waals surface area contributed by atoms with Gasteiger partial charge in [0.2, 0.25) is 18.5 Å². The van der Waals surface area contributed by atoms with Gasteiger partial charge in [0.25, 0.3) is 0 Å². The molecule has 1 aromatic heterocycles. The highest BCUT2D eigenvalue weighted by atomic mass is 31.2. The van der Waals surface area contributed by atoms with E-state index in [1.807, 2.05) is 0 Å². The van der Waals surface area contributed by atoms with Crippen LogP contribution in [0.5, 0.6) is 11.5 Å². The molecule has 1 atom stereocenters. The predicted octanol–water partition coefficient (Wildman–Crippen LogP) is 3.83. The molecule has 1 fully saturated rings. The van der Waals surface area contributed by atoms with Gasteiger partial charge < -0.3 is 24.9 Å². The van der Waals surface area contributed by atoms with E-state index in [2.05, 4.69) is 0 Å². The van der Waals surface area contributed by atoms with Gasteiger partial charge in [-0.3, -0.25) is 9.36 Å². The van der Waals surface area contributed by atoms with Crippen LogP contribution in [0.2, 0.25) is 0 Å². The van der Waals surface area contributed by atoms with Crippen molar-refractivity contribution in [1.29, 1.82) is 0 Å². The monoisotopic (exact) mass is 401 g/mol. The molecule has 1 saturated carbocycles. The Balaban J connectivity index is 1.65. The van der Waals surface area contributed by atoms with E-state index in [4.69, 9.17) is 14.9 Å². The Morgan fingerprint density at radius 3 is 2.57 bits per heavy atom. The Morgan fingerprint density at radius 1 is 1.25 bits per heavy atom. The summed E-state index contributed by atoms with van der Waals surface area (Å²) in [4.78, 5) is 22.5. The Hall–Kier alpha value is -2.76. The van der Waals surface area contributed by atoms with E-state index in [0.29, 0.717) is 28.1 Å². The van der Waals surface area contributed by atoms with Gasteiger partial charge in [-0.05, 0) is 55.7 Å². The summed E-state index contributed by atoms with van der Waals surface area (Å²) in [5.41, 5.74) is 7.00. The van der Waals surface area contributed by atoms with Crippen LogP contribution in [-0.4, -0.2) is 22.0 Å². The van der Waals surface area contributed by atoms with Gasteiger partial charge in [-0.15, -0.1) is 0 Å². The van der Waals surface area contributed by atoms with E-state index in [0.717, 1.165) is 12.8 Å². The third-order valence-corrected chi connectivity index (χ3v) is 7.00. The van der Waals surface area contributed by atoms with E-state index >= 15 is 0 Å². The minimum Gasteiger partial charge on any atom is -0.502 e. The van der Waals surface area contributed by atoms with Crippen molar-refractivity contribution >= 4 is 24.0 Å². The van der Waals surface area contributed by atoms with Crippen molar-refractivity contribution in [2.75, 3.05) is 12.1 Å². The van der Waals surface area contributed by atoms with Crippen molar-refractivity contribution in [2.45, 2.75) is 25.4 Å². The molecule has 1 unspecified atom stereocenters. The largest absolute Gasteiger partial charge is 0.502 e. The molecule has 0 bridgehead atoms. The van der Waals surface area contributed by atoms with Crippen LogP contribution in [0.15, 0.2) is 45.6 Å². The van der Waals surface area contributed by atoms with Crippen LogP contribution in [0.4, 0.5) is 5.69 Å². The van der Waals surface area contributed by atoms with Gasteiger partial charge in [0.15, 0.2) is 12.1 Å². The third kappa shape index (κ3) is 3.39. The quantitative estimate of drug-likeness (QED) is 0.439. The number of ether oxygens (including phenoxy) is 1. The molecule has 1 aliphatic rings. The molecule has 4 rings (SSSR count). The van der Waals surface area contributed by atoms with Crippen LogP contribution in [0, 0.1) is 6.92 Å². The van der Waals surface area contributed by atoms with Crippen LogP contribution >= 0.6 is 7.37 Å². The summed E-state index contributed by atoms with van der Waals surface area (Å²) in [6.07, 6.45) is 1.30. The maximum atomic E-state index is 12.6. The van der Waals surface area contributed by atoms with Gasteiger partial charge >= 0.3 is 0 Å². The summed E-state index contributed by atoms with van der Waals surface area (Å²) >= 11 is 0. The van der Waals surface area contributed by atoms with Crippen LogP contribution in [0.25, 0.3) is 22.3 Å². The fourth-order valence-electron chi connectivity index (χ4n) is 3.18. The van der Waals surface area contributed by atoms with E-state index < -0.39 is 18.5 Å². The maximum Gasteiger partial charge on any atom is 0.239 e. The Labute approximate surface area is 160 Å². The highest BCUT2D eigenvalue weighted by Gasteiger charge is 2.40. The summed E-state index contributed by atoms with van der Waals surface area (Å²) in [6.45, 7) is 1.72. The van der Waals surface area contributed by atoms with E-state index in [-0.39, 0.29) is 23.2 Å². The molecule has 1 aliphatic carbocycles. The van der Waals surface area contributed by atoms with Crippen molar-refractivity contribution in [3.8, 4) is 22.8 Å². The molecule has 146 valence electrons. The number of aryl methyl sites for hydroxylation is 1. The lowest BCUT2D eigenvalue weighted by atomic mass is 10.1. The summed E-state index contributed by atoms with van der Waals surface area (Å²) in [5.74, 6) is -0.0381. The number of benzene rings is 2. The van der Waals surface area contributed by atoms with Crippen LogP contribution in [0.1, 0.15) is 18.4 Å². The number of hydrogen-bond acceptors (Lipinski definition) is 6. The first kappa shape index (κ1) is 18.6. The zero-order valence-corrected chi connectivity index (χ0v) is 16.1. The SMILES string of the molecule is Cc1cc(N)cc2oc(-c3ccc(OCP(=O)(O)C4CC4)cc3)c(O)c(=O)c12. The van der Waals surface area contributed by atoms with Gasteiger partial charge in [0, 0.05) is 23.0 Å². The molecule has 8 heteroatoms. The fourth-order valence-corrected chi connectivity index (χ4v) is 4.68. The first-order valence-electron chi connectivity index (χ1n) is 8.87. The fraction of sp³-hybridized carbons (Fsp3) is 0.250. The van der Waals surface area contributed by atoms with Crippen molar-refractivity contribution in [1.82, 2.24) is 0 Å². The lowest BCUT2D eigenvalue weighted by Gasteiger charge is -2.12. The molecule has 1 heterocycles. The minimum absolute atomic E-state index is 0.0276. The molecule has 0 radical (unpaired) electrons. The average Bonchev–Trinajstić information content (AvgIpc) is 3.49. The number of aromatic hydroxyl groups is 1. The summed E-state index contributed by atoms with van der Waals surface area (Å²) in [6, 6.07) is 9.59. The topological polar surface area (TPSA) is 123 Å². The van der Waals surface area contributed by atoms with E-state index in [9.17, 15) is 19.4 Å². The van der Waals surface area contributed by atoms with Crippen molar-refractivity contribution in [2.24, 2.45) is 0 Å². The zero-order valence-electron chi connectivity index (χ0n) is 15.2. The molecule has 28 heavy (non-hydrogen) atoms. The zero-order chi connectivity index (χ0) is 20.1. The highest BCUT2D eigenvalue weighted by molar-refractivity contribution is 7.58. The summed E-state index contributed by atoms with van der Waals surface area (Å²) in [5, 5.41) is 10.6. The number of anilines is 1. The second-order valence-corrected chi connectivity index (χ2v) is 9.60. The van der Waals surface area contributed by atoms with Crippen molar-refractivity contribution in [3.05, 3.63) is 52.2 Å². The van der Waals surface area contributed by atoms with Crippen LogP contribution < -0.4 is 15.9 Å². The predicted molar refractivity (Wildman–Crippen MR) is 107 cm³/mol. The first-order valence-corrected chi connectivity index (χ1v) is 10.8. The number of nitrogens with two attached hydrogens (primary N) is 1. The van der Waals surface area contributed by atoms with E-state index in [1.165, 1.54) is 0 Å². The standard InChI is InChI=1S/C20H20NO6P/c1-11-8-13(21)9-16-17(11)18(22)19(23)20(27-16)12-2-4-14(5-3-12)26-10-28(24,25)15-6-7-15/h2-5,8-9,15,23H,6-7,10,21H2,1H3,(H,24,25). The molecule has 0 aliphatic heterocycles.